The van der Waals surface area contributed by atoms with Gasteiger partial charge in [-0.3, -0.25) is 0 Å². The molecule has 2 aromatic carbocycles. The van der Waals surface area contributed by atoms with E-state index < -0.39 is 0 Å². The Kier molecular flexibility index (Phi) is 3.80. The highest BCUT2D eigenvalue weighted by atomic mass is 14.9. The van der Waals surface area contributed by atoms with Crippen molar-refractivity contribution in [1.82, 2.24) is 5.32 Å². The predicted molar refractivity (Wildman–Crippen MR) is 87.0 cm³/mol. The molecule has 1 heteroatoms. The van der Waals surface area contributed by atoms with Gasteiger partial charge in [-0.15, -0.1) is 0 Å². The summed E-state index contributed by atoms with van der Waals surface area (Å²) in [6.45, 7) is 7.87. The van der Waals surface area contributed by atoms with Crippen LogP contribution in [0.15, 0.2) is 36.4 Å². The first-order valence-electron chi connectivity index (χ1n) is 7.94. The van der Waals surface area contributed by atoms with Gasteiger partial charge in [0.2, 0.25) is 0 Å². The van der Waals surface area contributed by atoms with E-state index in [2.05, 4.69) is 62.5 Å². The van der Waals surface area contributed by atoms with Crippen LogP contribution in [0.2, 0.25) is 0 Å². The maximum absolute atomic E-state index is 3.73. The van der Waals surface area contributed by atoms with Crippen molar-refractivity contribution in [3.05, 3.63) is 47.5 Å². The summed E-state index contributed by atoms with van der Waals surface area (Å²) in [7, 11) is 0. The fourth-order valence-electron chi connectivity index (χ4n) is 3.44. The molecule has 20 heavy (non-hydrogen) atoms. The molecule has 2 unspecified atom stereocenters. The van der Waals surface area contributed by atoms with E-state index in [1.807, 2.05) is 0 Å². The van der Waals surface area contributed by atoms with Crippen LogP contribution in [-0.4, -0.2) is 6.54 Å². The Labute approximate surface area is 122 Å². The Morgan fingerprint density at radius 3 is 2.45 bits per heavy atom. The van der Waals surface area contributed by atoms with Crippen LogP contribution >= 0.6 is 0 Å². The van der Waals surface area contributed by atoms with Gasteiger partial charge in [0.25, 0.3) is 0 Å². The lowest BCUT2D eigenvalue weighted by Crippen LogP contribution is -2.28. The molecule has 1 fully saturated rings. The first-order chi connectivity index (χ1) is 9.72. The minimum absolute atomic E-state index is 0.484. The second kappa shape index (κ2) is 5.57. The molecule has 0 aromatic heterocycles. The van der Waals surface area contributed by atoms with Crippen molar-refractivity contribution in [2.75, 3.05) is 6.54 Å². The van der Waals surface area contributed by atoms with Gasteiger partial charge < -0.3 is 5.32 Å². The third-order valence-electron chi connectivity index (χ3n) is 4.83. The Morgan fingerprint density at radius 2 is 1.80 bits per heavy atom. The van der Waals surface area contributed by atoms with Crippen LogP contribution < -0.4 is 5.32 Å². The summed E-state index contributed by atoms with van der Waals surface area (Å²) in [6, 6.07) is 13.9. The molecule has 0 radical (unpaired) electrons. The average Bonchev–Trinajstić information content (AvgIpc) is 3.30. The molecule has 0 saturated heterocycles. The summed E-state index contributed by atoms with van der Waals surface area (Å²) in [5.41, 5.74) is 2.85. The molecule has 0 aliphatic heterocycles. The summed E-state index contributed by atoms with van der Waals surface area (Å²) < 4.78 is 0. The SMILES string of the molecule is CCNC(c1ccc(C)c2ccccc12)C(C)C1CC1. The van der Waals surface area contributed by atoms with Crippen LogP contribution in [-0.2, 0) is 0 Å². The second-order valence-electron chi connectivity index (χ2n) is 6.25. The van der Waals surface area contributed by atoms with Crippen LogP contribution in [0.1, 0.15) is 43.9 Å². The van der Waals surface area contributed by atoms with Gasteiger partial charge in [0.1, 0.15) is 0 Å². The van der Waals surface area contributed by atoms with Gasteiger partial charge in [-0.05, 0) is 60.0 Å². The third kappa shape index (κ3) is 2.47. The zero-order chi connectivity index (χ0) is 14.1. The molecule has 1 nitrogen and oxygen atoms in total. The molecular weight excluding hydrogens is 242 g/mol. The Hall–Kier alpha value is -1.34. The van der Waals surface area contributed by atoms with Gasteiger partial charge in [-0.1, -0.05) is 50.2 Å². The number of fused-ring (bicyclic) bond motifs is 1. The van der Waals surface area contributed by atoms with Crippen LogP contribution in [0, 0.1) is 18.8 Å². The lowest BCUT2D eigenvalue weighted by Gasteiger charge is -2.27. The van der Waals surface area contributed by atoms with Gasteiger partial charge in [0.05, 0.1) is 0 Å². The van der Waals surface area contributed by atoms with Gasteiger partial charge in [-0.25, -0.2) is 0 Å². The van der Waals surface area contributed by atoms with E-state index >= 15 is 0 Å². The van der Waals surface area contributed by atoms with Crippen LogP contribution in [0.4, 0.5) is 0 Å². The van der Waals surface area contributed by atoms with Gasteiger partial charge in [0, 0.05) is 6.04 Å². The van der Waals surface area contributed by atoms with Crippen molar-refractivity contribution >= 4 is 10.8 Å². The van der Waals surface area contributed by atoms with Gasteiger partial charge in [0.15, 0.2) is 0 Å². The second-order valence-corrected chi connectivity index (χ2v) is 6.25. The number of hydrogen-bond acceptors (Lipinski definition) is 1. The molecular formula is C19H25N. The summed E-state index contributed by atoms with van der Waals surface area (Å²) in [5.74, 6) is 1.64. The van der Waals surface area contributed by atoms with Crippen molar-refractivity contribution in [2.24, 2.45) is 11.8 Å². The normalized spacial score (nSPS) is 18.1. The molecule has 0 amide bonds. The highest BCUT2D eigenvalue weighted by Gasteiger charge is 2.34. The minimum Gasteiger partial charge on any atom is -0.310 e. The molecule has 0 heterocycles. The fraction of sp³-hybridized carbons (Fsp3) is 0.474. The van der Waals surface area contributed by atoms with E-state index in [0.29, 0.717) is 6.04 Å². The standard InChI is InChI=1S/C19H25N/c1-4-20-19(14(3)15-10-11-15)18-12-9-13(2)16-7-5-6-8-17(16)18/h5-9,12,14-15,19-20H,4,10-11H2,1-3H3. The number of rotatable bonds is 5. The zero-order valence-electron chi connectivity index (χ0n) is 12.8. The zero-order valence-corrected chi connectivity index (χ0v) is 12.8. The van der Waals surface area contributed by atoms with Crippen molar-refractivity contribution in [3.63, 3.8) is 0 Å². The van der Waals surface area contributed by atoms with E-state index in [1.165, 1.54) is 34.7 Å². The van der Waals surface area contributed by atoms with Crippen LogP contribution in [0.25, 0.3) is 10.8 Å². The quantitative estimate of drug-likeness (QED) is 0.817. The Balaban J connectivity index is 2.08. The molecule has 0 bridgehead atoms. The van der Waals surface area contributed by atoms with Gasteiger partial charge in [-0.2, -0.15) is 0 Å². The lowest BCUT2D eigenvalue weighted by atomic mass is 9.87. The molecule has 2 aromatic rings. The van der Waals surface area contributed by atoms with Crippen molar-refractivity contribution in [1.29, 1.82) is 0 Å². The molecule has 2 atom stereocenters. The number of nitrogens with one attached hydrogen (secondary N) is 1. The number of hydrogen-bond donors (Lipinski definition) is 1. The van der Waals surface area contributed by atoms with E-state index in [-0.39, 0.29) is 0 Å². The molecule has 1 saturated carbocycles. The Morgan fingerprint density at radius 1 is 1.10 bits per heavy atom. The van der Waals surface area contributed by atoms with E-state index in [9.17, 15) is 0 Å². The Bertz CT molecular complexity index is 598. The largest absolute Gasteiger partial charge is 0.310 e. The van der Waals surface area contributed by atoms with Gasteiger partial charge >= 0.3 is 0 Å². The average molecular weight is 267 g/mol. The maximum Gasteiger partial charge on any atom is 0.0354 e. The number of aryl methyl sites for hydroxylation is 1. The molecule has 1 N–H and O–H groups in total. The third-order valence-corrected chi connectivity index (χ3v) is 4.83. The van der Waals surface area contributed by atoms with Crippen molar-refractivity contribution < 1.29 is 0 Å². The monoisotopic (exact) mass is 267 g/mol. The van der Waals surface area contributed by atoms with Crippen LogP contribution in [0.5, 0.6) is 0 Å². The van der Waals surface area contributed by atoms with E-state index in [4.69, 9.17) is 0 Å². The predicted octanol–water partition coefficient (Wildman–Crippen LogP) is 4.84. The van der Waals surface area contributed by atoms with Crippen LogP contribution in [0.3, 0.4) is 0 Å². The first-order valence-corrected chi connectivity index (χ1v) is 7.94. The van der Waals surface area contributed by atoms with E-state index in [1.54, 1.807) is 0 Å². The first kappa shape index (κ1) is 13.6. The highest BCUT2D eigenvalue weighted by Crippen LogP contribution is 2.44. The molecule has 3 rings (SSSR count). The lowest BCUT2D eigenvalue weighted by molar-refractivity contribution is 0.357. The topological polar surface area (TPSA) is 12.0 Å². The number of benzene rings is 2. The minimum atomic E-state index is 0.484. The smallest absolute Gasteiger partial charge is 0.0354 e. The maximum atomic E-state index is 3.73. The van der Waals surface area contributed by atoms with Crippen molar-refractivity contribution in [3.8, 4) is 0 Å². The molecule has 1 aliphatic rings. The molecule has 1 aliphatic carbocycles. The summed E-state index contributed by atoms with van der Waals surface area (Å²) >= 11 is 0. The molecule has 106 valence electrons. The fourth-order valence-corrected chi connectivity index (χ4v) is 3.44. The molecule has 0 spiro atoms. The summed E-state index contributed by atoms with van der Waals surface area (Å²) in [6.07, 6.45) is 2.82. The summed E-state index contributed by atoms with van der Waals surface area (Å²) in [5, 5.41) is 6.55. The summed E-state index contributed by atoms with van der Waals surface area (Å²) in [4.78, 5) is 0. The highest BCUT2D eigenvalue weighted by molar-refractivity contribution is 5.89. The van der Waals surface area contributed by atoms with Crippen molar-refractivity contribution in [2.45, 2.75) is 39.7 Å². The van der Waals surface area contributed by atoms with E-state index in [0.717, 1.165) is 18.4 Å².